The molecule has 70 valence electrons. The number of hydrogen-bond acceptors (Lipinski definition) is 1. The molecule has 0 bridgehead atoms. The predicted molar refractivity (Wildman–Crippen MR) is 56.7 cm³/mol. The molecule has 2 heteroatoms. The zero-order valence-electron chi connectivity index (χ0n) is 8.86. The van der Waals surface area contributed by atoms with Crippen LogP contribution < -0.4 is 0 Å². The Morgan fingerprint density at radius 3 is 2.17 bits per heavy atom. The molecule has 0 fully saturated rings. The second kappa shape index (κ2) is 4.11. The largest absolute Gasteiger partial charge is 0.378 e. The summed E-state index contributed by atoms with van der Waals surface area (Å²) in [6.07, 6.45) is 1.75. The van der Waals surface area contributed by atoms with Gasteiger partial charge in [-0.25, -0.2) is 0 Å². The summed E-state index contributed by atoms with van der Waals surface area (Å²) in [6.45, 7) is 10.4. The summed E-state index contributed by atoms with van der Waals surface area (Å²) in [4.78, 5) is 0. The van der Waals surface area contributed by atoms with Crippen molar-refractivity contribution in [3.8, 4) is 11.5 Å². The molecule has 1 nitrogen and oxygen atoms in total. The first-order chi connectivity index (χ1) is 5.27. The molecule has 1 N–H and O–H groups in total. The normalized spacial score (nSPS) is 16.2. The zero-order valence-corrected chi connectivity index (χ0v) is 9.86. The molecule has 0 aromatic heterocycles. The predicted octanol–water partition coefficient (Wildman–Crippen LogP) is 2.42. The van der Waals surface area contributed by atoms with Gasteiger partial charge in [-0.2, -0.15) is 0 Å². The van der Waals surface area contributed by atoms with E-state index in [4.69, 9.17) is 0 Å². The van der Waals surface area contributed by atoms with Crippen molar-refractivity contribution in [1.29, 1.82) is 0 Å². The smallest absolute Gasteiger partial charge is 0.129 e. The van der Waals surface area contributed by atoms with E-state index in [0.29, 0.717) is 0 Å². The molecule has 0 heterocycles. The van der Waals surface area contributed by atoms with Gasteiger partial charge in [0.15, 0.2) is 0 Å². The summed E-state index contributed by atoms with van der Waals surface area (Å²) in [5.74, 6) is 2.97. The lowest BCUT2D eigenvalue weighted by Gasteiger charge is -2.15. The first-order valence-corrected chi connectivity index (χ1v) is 8.03. The van der Waals surface area contributed by atoms with Gasteiger partial charge in [-0.15, -0.1) is 5.54 Å². The molecule has 0 aromatic rings. The highest BCUT2D eigenvalue weighted by atomic mass is 28.3. The van der Waals surface area contributed by atoms with Gasteiger partial charge in [0.05, 0.1) is 0 Å². The molecular formula is C10H20OSi. The average molecular weight is 184 g/mol. The lowest BCUT2D eigenvalue weighted by molar-refractivity contribution is 0.111. The number of rotatable bonds is 2. The van der Waals surface area contributed by atoms with E-state index in [-0.39, 0.29) is 0 Å². The summed E-state index contributed by atoms with van der Waals surface area (Å²) in [5, 5.41) is 9.73. The van der Waals surface area contributed by atoms with Crippen LogP contribution in [0.1, 0.15) is 26.7 Å². The third kappa shape index (κ3) is 6.45. The highest BCUT2D eigenvalue weighted by molar-refractivity contribution is 6.83. The van der Waals surface area contributed by atoms with Gasteiger partial charge in [0.25, 0.3) is 0 Å². The molecule has 12 heavy (non-hydrogen) atoms. The second-order valence-electron chi connectivity index (χ2n) is 4.52. The van der Waals surface area contributed by atoms with Gasteiger partial charge in [0.1, 0.15) is 13.7 Å². The lowest BCUT2D eigenvalue weighted by Crippen LogP contribution is -2.24. The summed E-state index contributed by atoms with van der Waals surface area (Å²) < 4.78 is 0. The second-order valence-corrected chi connectivity index (χ2v) is 9.27. The van der Waals surface area contributed by atoms with Gasteiger partial charge in [-0.1, -0.05) is 38.9 Å². The Morgan fingerprint density at radius 1 is 1.33 bits per heavy atom. The highest BCUT2D eigenvalue weighted by Crippen LogP contribution is 2.10. The molecule has 0 saturated carbocycles. The molecule has 0 rings (SSSR count). The van der Waals surface area contributed by atoms with Crippen LogP contribution in [0.3, 0.4) is 0 Å². The van der Waals surface area contributed by atoms with Gasteiger partial charge < -0.3 is 5.11 Å². The Morgan fingerprint density at radius 2 is 1.83 bits per heavy atom. The van der Waals surface area contributed by atoms with Gasteiger partial charge >= 0.3 is 0 Å². The molecule has 0 spiro atoms. The van der Waals surface area contributed by atoms with Crippen LogP contribution in [0.15, 0.2) is 0 Å². The van der Waals surface area contributed by atoms with Crippen molar-refractivity contribution in [3.63, 3.8) is 0 Å². The van der Waals surface area contributed by atoms with Crippen LogP contribution in [0.2, 0.25) is 19.6 Å². The van der Waals surface area contributed by atoms with Crippen LogP contribution in [-0.2, 0) is 0 Å². The maximum atomic E-state index is 9.73. The summed E-state index contributed by atoms with van der Waals surface area (Å²) >= 11 is 0. The van der Waals surface area contributed by atoms with Crippen LogP contribution in [0, 0.1) is 11.5 Å². The standard InChI is InChI=1S/C10H20OSi/c1-6-7-10(2,11)8-9-12(3,4)5/h11H,6-7H2,1-5H3. The summed E-state index contributed by atoms with van der Waals surface area (Å²) in [5.41, 5.74) is 2.42. The fourth-order valence-electron chi connectivity index (χ4n) is 0.871. The van der Waals surface area contributed by atoms with Crippen molar-refractivity contribution in [2.24, 2.45) is 0 Å². The SMILES string of the molecule is CCCC(C)(O)C#C[Si](C)(C)C. The van der Waals surface area contributed by atoms with Crippen LogP contribution in [0.25, 0.3) is 0 Å². The Labute approximate surface area is 77.2 Å². The molecule has 0 amide bonds. The quantitative estimate of drug-likeness (QED) is 0.516. The Hall–Kier alpha value is -0.263. The zero-order chi connectivity index (χ0) is 9.83. The minimum absolute atomic E-state index is 0.768. The van der Waals surface area contributed by atoms with E-state index in [2.05, 4.69) is 38.0 Å². The van der Waals surface area contributed by atoms with E-state index < -0.39 is 13.7 Å². The van der Waals surface area contributed by atoms with Crippen molar-refractivity contribution < 1.29 is 5.11 Å². The van der Waals surface area contributed by atoms with Crippen LogP contribution in [0.5, 0.6) is 0 Å². The summed E-state index contributed by atoms with van der Waals surface area (Å²) in [7, 11) is -1.32. The Bertz CT molecular complexity index is 190. The van der Waals surface area contributed by atoms with E-state index >= 15 is 0 Å². The van der Waals surface area contributed by atoms with E-state index in [1.54, 1.807) is 6.92 Å². The van der Waals surface area contributed by atoms with E-state index in [1.165, 1.54) is 0 Å². The number of hydrogen-bond donors (Lipinski definition) is 1. The molecule has 0 aliphatic carbocycles. The van der Waals surface area contributed by atoms with E-state index in [9.17, 15) is 5.11 Å². The molecule has 0 radical (unpaired) electrons. The number of aliphatic hydroxyl groups is 1. The third-order valence-corrected chi connectivity index (χ3v) is 2.32. The van der Waals surface area contributed by atoms with Gasteiger partial charge in [0.2, 0.25) is 0 Å². The van der Waals surface area contributed by atoms with E-state index in [0.717, 1.165) is 12.8 Å². The molecule has 1 atom stereocenters. The highest BCUT2D eigenvalue weighted by Gasteiger charge is 2.16. The van der Waals surface area contributed by atoms with Crippen LogP contribution in [0.4, 0.5) is 0 Å². The maximum Gasteiger partial charge on any atom is 0.129 e. The average Bonchev–Trinajstić information content (AvgIpc) is 1.83. The Kier molecular flexibility index (Phi) is 4.02. The third-order valence-electron chi connectivity index (χ3n) is 1.44. The first-order valence-electron chi connectivity index (χ1n) is 4.53. The van der Waals surface area contributed by atoms with Gasteiger partial charge in [-0.05, 0) is 13.3 Å². The van der Waals surface area contributed by atoms with Crippen molar-refractivity contribution in [2.75, 3.05) is 0 Å². The maximum absolute atomic E-state index is 9.73. The minimum Gasteiger partial charge on any atom is -0.378 e. The fourth-order valence-corrected chi connectivity index (χ4v) is 1.52. The van der Waals surface area contributed by atoms with Crippen molar-refractivity contribution in [3.05, 3.63) is 0 Å². The van der Waals surface area contributed by atoms with Crippen molar-refractivity contribution >= 4 is 8.07 Å². The topological polar surface area (TPSA) is 20.2 Å². The molecule has 0 saturated heterocycles. The lowest BCUT2D eigenvalue weighted by atomic mass is 10.0. The van der Waals surface area contributed by atoms with Crippen LogP contribution >= 0.6 is 0 Å². The molecule has 0 aliphatic heterocycles. The monoisotopic (exact) mass is 184 g/mol. The van der Waals surface area contributed by atoms with Gasteiger partial charge in [-0.3, -0.25) is 0 Å². The van der Waals surface area contributed by atoms with E-state index in [1.807, 2.05) is 0 Å². The molecule has 0 aromatic carbocycles. The molecular weight excluding hydrogens is 164 g/mol. The Balaban J connectivity index is 4.28. The fraction of sp³-hybridized carbons (Fsp3) is 0.800. The van der Waals surface area contributed by atoms with Crippen molar-refractivity contribution in [1.82, 2.24) is 0 Å². The summed E-state index contributed by atoms with van der Waals surface area (Å²) in [6, 6.07) is 0. The first kappa shape index (κ1) is 11.7. The van der Waals surface area contributed by atoms with Crippen molar-refractivity contribution in [2.45, 2.75) is 51.9 Å². The minimum atomic E-state index is -1.32. The molecule has 1 unspecified atom stereocenters. The van der Waals surface area contributed by atoms with Gasteiger partial charge in [0, 0.05) is 0 Å². The molecule has 0 aliphatic rings. The van der Waals surface area contributed by atoms with Crippen LogP contribution in [-0.4, -0.2) is 18.8 Å².